The van der Waals surface area contributed by atoms with E-state index in [1.807, 2.05) is 47.7 Å². The van der Waals surface area contributed by atoms with Crippen molar-refractivity contribution in [2.45, 2.75) is 19.8 Å². The van der Waals surface area contributed by atoms with Crippen LogP contribution in [0.4, 0.5) is 0 Å². The molecule has 0 N–H and O–H groups in total. The molecule has 0 spiro atoms. The second kappa shape index (κ2) is 7.37. The number of nitrogens with zero attached hydrogens (tertiary/aromatic N) is 2. The fraction of sp³-hybridized carbons (Fsp3) is 0.190. The number of carbonyl (C=O) groups excluding carboxylic acids is 1. The van der Waals surface area contributed by atoms with Crippen LogP contribution < -0.4 is 5.56 Å². The molecule has 0 bridgehead atoms. The van der Waals surface area contributed by atoms with Gasteiger partial charge in [0.15, 0.2) is 4.96 Å². The van der Waals surface area contributed by atoms with Gasteiger partial charge in [-0.05, 0) is 43.7 Å². The Kier molecular flexibility index (Phi) is 4.91. The van der Waals surface area contributed by atoms with Gasteiger partial charge in [0.05, 0.1) is 28.4 Å². The van der Waals surface area contributed by atoms with E-state index < -0.39 is 0 Å². The van der Waals surface area contributed by atoms with E-state index in [2.05, 4.69) is 4.98 Å². The summed E-state index contributed by atoms with van der Waals surface area (Å²) in [6, 6.07) is 14.7. The predicted octanol–water partition coefficient (Wildman–Crippen LogP) is 4.90. The van der Waals surface area contributed by atoms with Crippen molar-refractivity contribution < 1.29 is 9.53 Å². The van der Waals surface area contributed by atoms with E-state index in [0.717, 1.165) is 27.0 Å². The second-order valence-corrected chi connectivity index (χ2v) is 7.86. The Bertz CT molecular complexity index is 1260. The Morgan fingerprint density at radius 1 is 1.25 bits per heavy atom. The lowest BCUT2D eigenvalue weighted by Crippen LogP contribution is -2.12. The highest BCUT2D eigenvalue weighted by atomic mass is 35.5. The highest BCUT2D eigenvalue weighted by Gasteiger charge is 2.19. The molecule has 1 atom stereocenters. The first kappa shape index (κ1) is 18.7. The Hall–Kier alpha value is -2.70. The Morgan fingerprint density at radius 2 is 2.07 bits per heavy atom. The number of esters is 1. The van der Waals surface area contributed by atoms with E-state index in [0.29, 0.717) is 16.6 Å². The van der Waals surface area contributed by atoms with Gasteiger partial charge in [-0.3, -0.25) is 14.0 Å². The SMILES string of the molecule is CCOC(=O)C(C)c1ccc2c(c1)sc1nc(=O)cc(-c3cccc(Cl)c3)n12. The van der Waals surface area contributed by atoms with Gasteiger partial charge in [-0.15, -0.1) is 0 Å². The summed E-state index contributed by atoms with van der Waals surface area (Å²) in [4.78, 5) is 29.0. The van der Waals surface area contributed by atoms with E-state index >= 15 is 0 Å². The molecule has 0 saturated heterocycles. The average Bonchev–Trinajstić information content (AvgIpc) is 3.04. The standard InChI is InChI=1S/C21H17ClN2O3S/c1-3-27-20(26)12(2)13-7-8-16-18(10-13)28-21-23-19(25)11-17(24(16)21)14-5-4-6-15(22)9-14/h4-12H,3H2,1-2H3. The van der Waals surface area contributed by atoms with Crippen molar-refractivity contribution in [1.82, 2.24) is 9.38 Å². The van der Waals surface area contributed by atoms with Crippen molar-refractivity contribution >= 4 is 44.1 Å². The zero-order valence-corrected chi connectivity index (χ0v) is 16.9. The number of fused-ring (bicyclic) bond motifs is 3. The number of aromatic nitrogens is 2. The minimum absolute atomic E-state index is 0.254. The highest BCUT2D eigenvalue weighted by molar-refractivity contribution is 7.23. The minimum Gasteiger partial charge on any atom is -0.466 e. The van der Waals surface area contributed by atoms with Crippen LogP contribution in [0.2, 0.25) is 5.02 Å². The molecule has 2 heterocycles. The zero-order valence-electron chi connectivity index (χ0n) is 15.3. The van der Waals surface area contributed by atoms with Crippen molar-refractivity contribution in [1.29, 1.82) is 0 Å². The first-order valence-electron chi connectivity index (χ1n) is 8.86. The van der Waals surface area contributed by atoms with Crippen LogP contribution in [-0.2, 0) is 9.53 Å². The fourth-order valence-corrected chi connectivity index (χ4v) is 4.46. The molecule has 1 unspecified atom stereocenters. The van der Waals surface area contributed by atoms with Crippen LogP contribution in [0.3, 0.4) is 0 Å². The van der Waals surface area contributed by atoms with E-state index in [4.69, 9.17) is 16.3 Å². The van der Waals surface area contributed by atoms with Gasteiger partial charge < -0.3 is 4.74 Å². The second-order valence-electron chi connectivity index (χ2n) is 6.41. The normalized spacial score (nSPS) is 12.4. The summed E-state index contributed by atoms with van der Waals surface area (Å²) in [6.45, 7) is 3.97. The molecule has 0 saturated carbocycles. The van der Waals surface area contributed by atoms with Crippen molar-refractivity contribution in [3.05, 3.63) is 69.5 Å². The van der Waals surface area contributed by atoms with Gasteiger partial charge in [0, 0.05) is 16.7 Å². The maximum atomic E-state index is 12.2. The first-order valence-corrected chi connectivity index (χ1v) is 10.1. The molecule has 0 aliphatic rings. The van der Waals surface area contributed by atoms with Crippen LogP contribution in [0.1, 0.15) is 25.3 Å². The van der Waals surface area contributed by atoms with Crippen LogP contribution in [0.15, 0.2) is 53.3 Å². The van der Waals surface area contributed by atoms with Crippen molar-refractivity contribution in [2.24, 2.45) is 0 Å². The summed E-state index contributed by atoms with van der Waals surface area (Å²) in [5, 5.41) is 0.598. The lowest BCUT2D eigenvalue weighted by atomic mass is 10.0. The van der Waals surface area contributed by atoms with Crippen molar-refractivity contribution in [3.63, 3.8) is 0 Å². The van der Waals surface area contributed by atoms with E-state index in [1.165, 1.54) is 17.4 Å². The Balaban J connectivity index is 1.92. The van der Waals surface area contributed by atoms with E-state index in [-0.39, 0.29) is 17.4 Å². The molecule has 0 radical (unpaired) electrons. The molecule has 0 aliphatic carbocycles. The predicted molar refractivity (Wildman–Crippen MR) is 112 cm³/mol. The average molecular weight is 413 g/mol. The van der Waals surface area contributed by atoms with E-state index in [1.54, 1.807) is 13.0 Å². The topological polar surface area (TPSA) is 60.7 Å². The van der Waals surface area contributed by atoms with Gasteiger partial charge in [0.25, 0.3) is 5.56 Å². The maximum Gasteiger partial charge on any atom is 0.313 e. The third kappa shape index (κ3) is 3.30. The van der Waals surface area contributed by atoms with Crippen LogP contribution in [0, 0.1) is 0 Å². The number of carbonyl (C=O) groups is 1. The molecule has 0 amide bonds. The van der Waals surface area contributed by atoms with Crippen LogP contribution >= 0.6 is 22.9 Å². The summed E-state index contributed by atoms with van der Waals surface area (Å²) in [7, 11) is 0. The molecule has 7 heteroatoms. The molecule has 4 rings (SSSR count). The number of hydrogen-bond acceptors (Lipinski definition) is 5. The number of benzene rings is 2. The lowest BCUT2D eigenvalue weighted by Gasteiger charge is -2.11. The van der Waals surface area contributed by atoms with Crippen LogP contribution in [0.25, 0.3) is 26.4 Å². The van der Waals surface area contributed by atoms with Gasteiger partial charge in [-0.1, -0.05) is 41.1 Å². The quantitative estimate of drug-likeness (QED) is 0.447. The number of rotatable bonds is 4. The molecule has 5 nitrogen and oxygen atoms in total. The van der Waals surface area contributed by atoms with E-state index in [9.17, 15) is 9.59 Å². The molecule has 4 aromatic rings. The summed E-state index contributed by atoms with van der Waals surface area (Å²) >= 11 is 7.56. The van der Waals surface area contributed by atoms with Gasteiger partial charge in [-0.2, -0.15) is 4.98 Å². The monoisotopic (exact) mass is 412 g/mol. The van der Waals surface area contributed by atoms with Crippen molar-refractivity contribution in [2.75, 3.05) is 6.61 Å². The molecule has 0 fully saturated rings. The van der Waals surface area contributed by atoms with Crippen LogP contribution in [-0.4, -0.2) is 22.0 Å². The number of thiazole rings is 1. The number of hydrogen-bond donors (Lipinski definition) is 0. The zero-order chi connectivity index (χ0) is 19.8. The van der Waals surface area contributed by atoms with Crippen LogP contribution in [0.5, 0.6) is 0 Å². The summed E-state index contributed by atoms with van der Waals surface area (Å²) in [6.07, 6.45) is 0. The van der Waals surface area contributed by atoms with Gasteiger partial charge >= 0.3 is 5.97 Å². The molecule has 28 heavy (non-hydrogen) atoms. The third-order valence-corrected chi connectivity index (χ3v) is 5.82. The Labute approximate surface area is 170 Å². The van der Waals surface area contributed by atoms with Gasteiger partial charge in [0.1, 0.15) is 0 Å². The summed E-state index contributed by atoms with van der Waals surface area (Å²) in [5.41, 5.74) is 3.05. The lowest BCUT2D eigenvalue weighted by molar-refractivity contribution is -0.144. The fourth-order valence-electron chi connectivity index (χ4n) is 3.19. The third-order valence-electron chi connectivity index (χ3n) is 4.58. The van der Waals surface area contributed by atoms with Gasteiger partial charge in [-0.25, -0.2) is 0 Å². The number of halogens is 1. The minimum atomic E-state index is -0.366. The van der Waals surface area contributed by atoms with Crippen molar-refractivity contribution in [3.8, 4) is 11.3 Å². The Morgan fingerprint density at radius 3 is 2.82 bits per heavy atom. The molecule has 2 aromatic carbocycles. The largest absolute Gasteiger partial charge is 0.466 e. The summed E-state index contributed by atoms with van der Waals surface area (Å²) in [5.74, 6) is -0.620. The molecule has 0 aliphatic heterocycles. The summed E-state index contributed by atoms with van der Waals surface area (Å²) < 4.78 is 8.02. The smallest absolute Gasteiger partial charge is 0.313 e. The molecule has 2 aromatic heterocycles. The first-order chi connectivity index (χ1) is 13.5. The number of ether oxygens (including phenoxy) is 1. The molecular formula is C21H17ClN2O3S. The maximum absolute atomic E-state index is 12.2. The van der Waals surface area contributed by atoms with Gasteiger partial charge in [0.2, 0.25) is 0 Å². The molecular weight excluding hydrogens is 396 g/mol. The molecule has 142 valence electrons. The highest BCUT2D eigenvalue weighted by Crippen LogP contribution is 2.32.